The van der Waals surface area contributed by atoms with Crippen molar-refractivity contribution in [2.45, 2.75) is 13.3 Å². The number of hydrogen-bond acceptors (Lipinski definition) is 3. The number of aryl methyl sites for hydroxylation is 1. The standard InChI is InChI=1S/C19H15FN2O2S/c1-2-12-5-9-15(10-6-12)22-18(24)16(17(23)21-19(22)25)11-13-3-7-14(20)8-4-13/h3-11H,2H2,1H3,(H,21,23,25). The van der Waals surface area contributed by atoms with Crippen LogP contribution in [0.25, 0.3) is 6.08 Å². The van der Waals surface area contributed by atoms with Crippen LogP contribution in [0.3, 0.4) is 0 Å². The zero-order valence-corrected chi connectivity index (χ0v) is 14.3. The Balaban J connectivity index is 1.97. The van der Waals surface area contributed by atoms with Gasteiger partial charge in [0.05, 0.1) is 5.69 Å². The minimum absolute atomic E-state index is 0.0375. The van der Waals surface area contributed by atoms with Crippen molar-refractivity contribution in [3.63, 3.8) is 0 Å². The summed E-state index contributed by atoms with van der Waals surface area (Å²) >= 11 is 5.16. The molecule has 1 fully saturated rings. The normalized spacial score (nSPS) is 16.3. The van der Waals surface area contributed by atoms with Gasteiger partial charge in [0.15, 0.2) is 5.11 Å². The fraction of sp³-hybridized carbons (Fsp3) is 0.105. The quantitative estimate of drug-likeness (QED) is 0.523. The van der Waals surface area contributed by atoms with E-state index in [1.165, 1.54) is 35.2 Å². The molecule has 0 aromatic heterocycles. The van der Waals surface area contributed by atoms with Crippen LogP contribution in [0.1, 0.15) is 18.1 Å². The smallest absolute Gasteiger partial charge is 0.270 e. The number of rotatable bonds is 3. The van der Waals surface area contributed by atoms with Crippen LogP contribution < -0.4 is 10.2 Å². The number of hydrogen-bond donors (Lipinski definition) is 1. The Labute approximate surface area is 150 Å². The second kappa shape index (κ2) is 6.94. The lowest BCUT2D eigenvalue weighted by Crippen LogP contribution is -2.54. The molecule has 25 heavy (non-hydrogen) atoms. The molecule has 1 heterocycles. The molecule has 0 atom stereocenters. The molecule has 6 heteroatoms. The van der Waals surface area contributed by atoms with E-state index < -0.39 is 11.8 Å². The molecule has 1 aliphatic heterocycles. The Kier molecular flexibility index (Phi) is 4.72. The molecule has 0 spiro atoms. The van der Waals surface area contributed by atoms with Gasteiger partial charge >= 0.3 is 0 Å². The molecule has 0 unspecified atom stereocenters. The first-order chi connectivity index (χ1) is 12.0. The first-order valence-electron chi connectivity index (χ1n) is 7.75. The van der Waals surface area contributed by atoms with Gasteiger partial charge < -0.3 is 0 Å². The van der Waals surface area contributed by atoms with Crippen LogP contribution in [0, 0.1) is 5.82 Å². The highest BCUT2D eigenvalue weighted by atomic mass is 32.1. The second-order valence-corrected chi connectivity index (χ2v) is 5.92. The van der Waals surface area contributed by atoms with Crippen molar-refractivity contribution in [3.8, 4) is 0 Å². The van der Waals surface area contributed by atoms with Crippen molar-refractivity contribution < 1.29 is 14.0 Å². The van der Waals surface area contributed by atoms with Gasteiger partial charge in [0.25, 0.3) is 11.8 Å². The van der Waals surface area contributed by atoms with Gasteiger partial charge in [0.1, 0.15) is 11.4 Å². The van der Waals surface area contributed by atoms with Crippen molar-refractivity contribution in [1.82, 2.24) is 5.32 Å². The topological polar surface area (TPSA) is 49.4 Å². The fourth-order valence-electron chi connectivity index (χ4n) is 2.50. The number of carbonyl (C=O) groups excluding carboxylic acids is 2. The summed E-state index contributed by atoms with van der Waals surface area (Å²) in [5.74, 6) is -1.47. The first-order valence-corrected chi connectivity index (χ1v) is 8.16. The SMILES string of the molecule is CCc1ccc(N2C(=O)C(=Cc3ccc(F)cc3)C(=O)NC2=S)cc1. The highest BCUT2D eigenvalue weighted by molar-refractivity contribution is 7.80. The molecule has 0 radical (unpaired) electrons. The molecule has 2 aromatic rings. The van der Waals surface area contributed by atoms with Crippen molar-refractivity contribution in [1.29, 1.82) is 0 Å². The number of anilines is 1. The van der Waals surface area contributed by atoms with E-state index in [4.69, 9.17) is 12.2 Å². The molecule has 1 aliphatic rings. The van der Waals surface area contributed by atoms with Crippen LogP contribution in [0.5, 0.6) is 0 Å². The fourth-order valence-corrected chi connectivity index (χ4v) is 2.78. The molecule has 2 aromatic carbocycles. The third kappa shape index (κ3) is 3.49. The molecule has 3 rings (SSSR count). The molecular formula is C19H15FN2O2S. The molecular weight excluding hydrogens is 339 g/mol. The monoisotopic (exact) mass is 354 g/mol. The van der Waals surface area contributed by atoms with E-state index in [9.17, 15) is 14.0 Å². The summed E-state index contributed by atoms with van der Waals surface area (Å²) < 4.78 is 13.0. The highest BCUT2D eigenvalue weighted by Crippen LogP contribution is 2.22. The van der Waals surface area contributed by atoms with Gasteiger partial charge in [-0.05, 0) is 60.1 Å². The Morgan fingerprint density at radius 2 is 1.72 bits per heavy atom. The van der Waals surface area contributed by atoms with Crippen molar-refractivity contribution in [2.24, 2.45) is 0 Å². The molecule has 126 valence electrons. The minimum atomic E-state index is -0.569. The van der Waals surface area contributed by atoms with Gasteiger partial charge in [-0.3, -0.25) is 19.8 Å². The Morgan fingerprint density at radius 1 is 1.08 bits per heavy atom. The van der Waals surface area contributed by atoms with Gasteiger partial charge in [-0.1, -0.05) is 31.2 Å². The highest BCUT2D eigenvalue weighted by Gasteiger charge is 2.34. The van der Waals surface area contributed by atoms with Gasteiger partial charge in [0, 0.05) is 0 Å². The Morgan fingerprint density at radius 3 is 2.32 bits per heavy atom. The predicted octanol–water partition coefficient (Wildman–Crippen LogP) is 3.22. The number of nitrogens with zero attached hydrogens (tertiary/aromatic N) is 1. The molecule has 1 saturated heterocycles. The first kappa shape index (κ1) is 17.0. The van der Waals surface area contributed by atoms with E-state index in [1.807, 2.05) is 19.1 Å². The largest absolute Gasteiger partial charge is 0.298 e. The van der Waals surface area contributed by atoms with E-state index in [0.717, 1.165) is 12.0 Å². The average molecular weight is 354 g/mol. The van der Waals surface area contributed by atoms with Crippen molar-refractivity contribution >= 4 is 40.9 Å². The maximum atomic E-state index is 13.0. The summed E-state index contributed by atoms with van der Waals surface area (Å²) in [7, 11) is 0. The zero-order chi connectivity index (χ0) is 18.0. The molecule has 2 amide bonds. The van der Waals surface area contributed by atoms with Crippen LogP contribution in [0.15, 0.2) is 54.1 Å². The van der Waals surface area contributed by atoms with E-state index >= 15 is 0 Å². The zero-order valence-electron chi connectivity index (χ0n) is 13.5. The second-order valence-electron chi connectivity index (χ2n) is 5.53. The number of halogens is 1. The summed E-state index contributed by atoms with van der Waals surface area (Å²) in [6.07, 6.45) is 2.30. The molecule has 0 aliphatic carbocycles. The van der Waals surface area contributed by atoms with Crippen LogP contribution in [-0.2, 0) is 16.0 Å². The van der Waals surface area contributed by atoms with Gasteiger partial charge in [-0.2, -0.15) is 0 Å². The molecule has 0 bridgehead atoms. The number of benzene rings is 2. The summed E-state index contributed by atoms with van der Waals surface area (Å²) in [5, 5.41) is 2.56. The van der Waals surface area contributed by atoms with Crippen molar-refractivity contribution in [2.75, 3.05) is 4.90 Å². The summed E-state index contributed by atoms with van der Waals surface area (Å²) in [6.45, 7) is 2.04. The van der Waals surface area contributed by atoms with E-state index in [-0.39, 0.29) is 16.5 Å². The van der Waals surface area contributed by atoms with Gasteiger partial charge in [-0.25, -0.2) is 4.39 Å². The van der Waals surface area contributed by atoms with Crippen LogP contribution in [-0.4, -0.2) is 16.9 Å². The maximum Gasteiger partial charge on any atom is 0.270 e. The maximum absolute atomic E-state index is 13.0. The van der Waals surface area contributed by atoms with Gasteiger partial charge in [0.2, 0.25) is 0 Å². The lowest BCUT2D eigenvalue weighted by Gasteiger charge is -2.29. The number of nitrogens with one attached hydrogen (secondary N) is 1. The van der Waals surface area contributed by atoms with Crippen LogP contribution >= 0.6 is 12.2 Å². The van der Waals surface area contributed by atoms with Crippen LogP contribution in [0.4, 0.5) is 10.1 Å². The third-order valence-corrected chi connectivity index (χ3v) is 4.17. The molecule has 0 saturated carbocycles. The van der Waals surface area contributed by atoms with E-state index in [1.54, 1.807) is 12.1 Å². The lowest BCUT2D eigenvalue weighted by atomic mass is 10.1. The van der Waals surface area contributed by atoms with Gasteiger partial charge in [-0.15, -0.1) is 0 Å². The minimum Gasteiger partial charge on any atom is -0.298 e. The van der Waals surface area contributed by atoms with E-state index in [2.05, 4.69) is 5.32 Å². The van der Waals surface area contributed by atoms with Crippen LogP contribution in [0.2, 0.25) is 0 Å². The number of amides is 2. The molecule has 1 N–H and O–H groups in total. The summed E-state index contributed by atoms with van der Waals surface area (Å²) in [6, 6.07) is 12.9. The van der Waals surface area contributed by atoms with E-state index in [0.29, 0.717) is 11.3 Å². The number of thiocarbonyl (C=S) groups is 1. The Bertz CT molecular complexity index is 873. The Hall–Kier alpha value is -2.86. The number of carbonyl (C=O) groups is 2. The summed E-state index contributed by atoms with van der Waals surface area (Å²) in [5.41, 5.74) is 2.20. The molecule has 4 nitrogen and oxygen atoms in total. The predicted molar refractivity (Wildman–Crippen MR) is 98.4 cm³/mol. The average Bonchev–Trinajstić information content (AvgIpc) is 2.60. The van der Waals surface area contributed by atoms with Crippen molar-refractivity contribution in [3.05, 3.63) is 71.0 Å². The summed E-state index contributed by atoms with van der Waals surface area (Å²) in [4.78, 5) is 26.3. The lowest BCUT2D eigenvalue weighted by molar-refractivity contribution is -0.122. The third-order valence-electron chi connectivity index (χ3n) is 3.89.